The van der Waals surface area contributed by atoms with Gasteiger partial charge in [0.1, 0.15) is 23.1 Å². The Morgan fingerprint density at radius 2 is 1.81 bits per heavy atom. The maximum absolute atomic E-state index is 14.7. The highest BCUT2D eigenvalue weighted by atomic mass is 19.1. The van der Waals surface area contributed by atoms with Crippen molar-refractivity contribution in [2.24, 2.45) is 0 Å². The van der Waals surface area contributed by atoms with E-state index < -0.39 is 5.67 Å². The number of nitrogens with one attached hydrogen (secondary N) is 1. The molecule has 0 atom stereocenters. The predicted octanol–water partition coefficient (Wildman–Crippen LogP) is 6.49. The fourth-order valence-corrected chi connectivity index (χ4v) is 4.43. The van der Waals surface area contributed by atoms with Crippen LogP contribution in [-0.2, 0) is 18.5 Å². The van der Waals surface area contributed by atoms with E-state index in [4.69, 9.17) is 4.98 Å². The second-order valence-corrected chi connectivity index (χ2v) is 9.81. The molecule has 7 heteroatoms. The van der Waals surface area contributed by atoms with Gasteiger partial charge in [0.15, 0.2) is 5.82 Å². The highest BCUT2D eigenvalue weighted by molar-refractivity contribution is 5.75. The third-order valence-electron chi connectivity index (χ3n) is 6.59. The Labute approximate surface area is 214 Å². The van der Waals surface area contributed by atoms with Crippen molar-refractivity contribution in [2.75, 3.05) is 35.3 Å². The third-order valence-corrected chi connectivity index (χ3v) is 6.59. The molecule has 1 aromatic carbocycles. The van der Waals surface area contributed by atoms with Gasteiger partial charge in [-0.05, 0) is 56.9 Å². The van der Waals surface area contributed by atoms with Crippen LogP contribution in [0, 0.1) is 0 Å². The lowest BCUT2D eigenvalue weighted by Crippen LogP contribution is -2.34. The first-order chi connectivity index (χ1) is 17.2. The van der Waals surface area contributed by atoms with Gasteiger partial charge in [0, 0.05) is 43.9 Å². The lowest BCUT2D eigenvalue weighted by atomic mass is 9.97. The molecule has 1 aliphatic rings. The fourth-order valence-electron chi connectivity index (χ4n) is 4.43. The van der Waals surface area contributed by atoms with Gasteiger partial charge in [0.05, 0.1) is 11.4 Å². The summed E-state index contributed by atoms with van der Waals surface area (Å²) in [5.41, 5.74) is 2.94. The van der Waals surface area contributed by atoms with E-state index >= 15 is 0 Å². The Balaban J connectivity index is 1.73. The predicted molar refractivity (Wildman–Crippen MR) is 147 cm³/mol. The molecular weight excluding hydrogens is 451 g/mol. The molecule has 0 amide bonds. The standard InChI is InChI=1S/C29H37FN6/c1-7-23-19-27(34-26(8-2)32-23)31-20(3)36-17-10-9-16-35(6)25-15-14-24(33-28(25)36)21-12-11-13-22(18-21)29(4,5)30/h11-15,18-19H,3,7-10,16-17H2,1-2,4-6H3,(H,31,32,34). The van der Waals surface area contributed by atoms with Crippen LogP contribution in [-0.4, -0.2) is 35.1 Å². The largest absolute Gasteiger partial charge is 0.372 e. The molecule has 0 radical (unpaired) electrons. The van der Waals surface area contributed by atoms with Gasteiger partial charge in [-0.2, -0.15) is 0 Å². The quantitative estimate of drug-likeness (QED) is 0.410. The molecule has 3 aromatic rings. The average molecular weight is 489 g/mol. The summed E-state index contributed by atoms with van der Waals surface area (Å²) in [7, 11) is 2.09. The van der Waals surface area contributed by atoms with Crippen molar-refractivity contribution in [3.63, 3.8) is 0 Å². The van der Waals surface area contributed by atoms with Gasteiger partial charge in [-0.1, -0.05) is 38.6 Å². The smallest absolute Gasteiger partial charge is 0.158 e. The summed E-state index contributed by atoms with van der Waals surface area (Å²) >= 11 is 0. The minimum absolute atomic E-state index is 0.635. The van der Waals surface area contributed by atoms with Crippen molar-refractivity contribution in [3.05, 3.63) is 71.9 Å². The molecule has 0 saturated heterocycles. The van der Waals surface area contributed by atoms with Gasteiger partial charge in [-0.25, -0.2) is 19.3 Å². The highest BCUT2D eigenvalue weighted by Gasteiger charge is 2.23. The number of aryl methyl sites for hydroxylation is 2. The van der Waals surface area contributed by atoms with Crippen molar-refractivity contribution in [1.29, 1.82) is 0 Å². The van der Waals surface area contributed by atoms with E-state index in [0.717, 1.165) is 84.7 Å². The van der Waals surface area contributed by atoms with E-state index in [-0.39, 0.29) is 0 Å². The second-order valence-electron chi connectivity index (χ2n) is 9.81. The number of benzene rings is 1. The normalized spacial score (nSPS) is 14.2. The first kappa shape index (κ1) is 25.6. The van der Waals surface area contributed by atoms with Crippen LogP contribution < -0.4 is 15.1 Å². The molecule has 0 aliphatic carbocycles. The molecule has 2 aromatic heterocycles. The van der Waals surface area contributed by atoms with Crippen LogP contribution in [0.15, 0.2) is 54.9 Å². The number of rotatable bonds is 7. The minimum atomic E-state index is -1.42. The van der Waals surface area contributed by atoms with Gasteiger partial charge in [-0.3, -0.25) is 0 Å². The van der Waals surface area contributed by atoms with Crippen molar-refractivity contribution in [3.8, 4) is 11.3 Å². The lowest BCUT2D eigenvalue weighted by molar-refractivity contribution is 0.221. The molecule has 0 bridgehead atoms. The highest BCUT2D eigenvalue weighted by Crippen LogP contribution is 2.35. The Kier molecular flexibility index (Phi) is 7.57. The van der Waals surface area contributed by atoms with E-state index in [2.05, 4.69) is 58.6 Å². The summed E-state index contributed by atoms with van der Waals surface area (Å²) in [5.74, 6) is 3.11. The number of aromatic nitrogens is 3. The maximum atomic E-state index is 14.7. The zero-order valence-corrected chi connectivity index (χ0v) is 22.1. The zero-order valence-electron chi connectivity index (χ0n) is 22.1. The van der Waals surface area contributed by atoms with Gasteiger partial charge >= 0.3 is 0 Å². The Morgan fingerprint density at radius 3 is 2.53 bits per heavy atom. The molecule has 0 spiro atoms. The van der Waals surface area contributed by atoms with Crippen LogP contribution in [0.1, 0.15) is 57.6 Å². The van der Waals surface area contributed by atoms with E-state index in [1.165, 1.54) is 0 Å². The number of fused-ring (bicyclic) bond motifs is 1. The number of nitrogens with zero attached hydrogens (tertiary/aromatic N) is 5. The molecule has 4 rings (SSSR count). The maximum Gasteiger partial charge on any atom is 0.158 e. The summed E-state index contributed by atoms with van der Waals surface area (Å²) in [6.45, 7) is 13.4. The first-order valence-electron chi connectivity index (χ1n) is 12.8. The second kappa shape index (κ2) is 10.6. The van der Waals surface area contributed by atoms with Gasteiger partial charge < -0.3 is 15.1 Å². The number of halogens is 1. The van der Waals surface area contributed by atoms with Gasteiger partial charge in [0.25, 0.3) is 0 Å². The van der Waals surface area contributed by atoms with Crippen LogP contribution in [0.3, 0.4) is 0 Å². The van der Waals surface area contributed by atoms with E-state index in [9.17, 15) is 4.39 Å². The molecule has 3 heterocycles. The first-order valence-corrected chi connectivity index (χ1v) is 12.8. The van der Waals surface area contributed by atoms with E-state index in [0.29, 0.717) is 5.56 Å². The summed E-state index contributed by atoms with van der Waals surface area (Å²) in [6.07, 6.45) is 3.69. The lowest BCUT2D eigenvalue weighted by Gasteiger charge is -2.33. The minimum Gasteiger partial charge on any atom is -0.372 e. The molecule has 0 saturated carbocycles. The summed E-state index contributed by atoms with van der Waals surface area (Å²) in [4.78, 5) is 18.7. The third kappa shape index (κ3) is 5.66. The summed E-state index contributed by atoms with van der Waals surface area (Å²) in [6, 6.07) is 13.7. The van der Waals surface area contributed by atoms with Crippen molar-refractivity contribution in [1.82, 2.24) is 15.0 Å². The van der Waals surface area contributed by atoms with Crippen molar-refractivity contribution in [2.45, 2.75) is 59.0 Å². The topological polar surface area (TPSA) is 57.2 Å². The van der Waals surface area contributed by atoms with Gasteiger partial charge in [-0.15, -0.1) is 0 Å². The number of hydrogen-bond acceptors (Lipinski definition) is 6. The Morgan fingerprint density at radius 1 is 1.03 bits per heavy atom. The van der Waals surface area contributed by atoms with E-state index in [1.807, 2.05) is 36.4 Å². The van der Waals surface area contributed by atoms with Crippen LogP contribution in [0.5, 0.6) is 0 Å². The molecular formula is C29H37FN6. The SMILES string of the molecule is C=C(Nc1cc(CC)nc(CC)n1)N1CCCCN(C)c2ccc(-c3cccc(C(C)(C)F)c3)nc21. The zero-order chi connectivity index (χ0) is 25.9. The number of pyridine rings is 1. The Hall–Kier alpha value is -3.48. The van der Waals surface area contributed by atoms with Crippen LogP contribution >= 0.6 is 0 Å². The molecule has 0 unspecified atom stereocenters. The van der Waals surface area contributed by atoms with E-state index in [1.54, 1.807) is 13.8 Å². The van der Waals surface area contributed by atoms with Crippen LogP contribution in [0.4, 0.5) is 21.7 Å². The summed E-state index contributed by atoms with van der Waals surface area (Å²) < 4.78 is 14.7. The van der Waals surface area contributed by atoms with Crippen molar-refractivity contribution < 1.29 is 4.39 Å². The number of hydrogen-bond donors (Lipinski definition) is 1. The molecule has 36 heavy (non-hydrogen) atoms. The molecule has 1 N–H and O–H groups in total. The van der Waals surface area contributed by atoms with Crippen molar-refractivity contribution >= 4 is 17.3 Å². The molecule has 1 aliphatic heterocycles. The number of alkyl halides is 1. The van der Waals surface area contributed by atoms with Crippen LogP contribution in [0.2, 0.25) is 0 Å². The fraction of sp³-hybridized carbons (Fsp3) is 0.414. The molecule has 6 nitrogen and oxygen atoms in total. The molecule has 0 fully saturated rings. The van der Waals surface area contributed by atoms with Crippen LogP contribution in [0.25, 0.3) is 11.3 Å². The summed E-state index contributed by atoms with van der Waals surface area (Å²) in [5, 5.41) is 3.43. The monoisotopic (exact) mass is 488 g/mol. The molecule has 190 valence electrons. The average Bonchev–Trinajstić information content (AvgIpc) is 2.86. The van der Waals surface area contributed by atoms with Gasteiger partial charge in [0.2, 0.25) is 0 Å². The Bertz CT molecular complexity index is 1210. The number of anilines is 3.